The molecule has 0 atom stereocenters. The number of rotatable bonds is 1. The molecule has 0 radical (unpaired) electrons. The van der Waals surface area contributed by atoms with Crippen molar-refractivity contribution in [1.82, 2.24) is 0 Å². The summed E-state index contributed by atoms with van der Waals surface area (Å²) in [5.74, 6) is 0. The van der Waals surface area contributed by atoms with Gasteiger partial charge in [0.15, 0.2) is 0 Å². The van der Waals surface area contributed by atoms with E-state index in [-0.39, 0.29) is 51.4 Å². The summed E-state index contributed by atoms with van der Waals surface area (Å²) in [5, 5.41) is 0. The molecule has 0 saturated carbocycles. The van der Waals surface area contributed by atoms with Gasteiger partial charge >= 0.3 is 51.4 Å². The van der Waals surface area contributed by atoms with Crippen molar-refractivity contribution in [2.75, 3.05) is 0 Å². The number of allylic oxidation sites excluding steroid dienone is 3. The van der Waals surface area contributed by atoms with E-state index in [4.69, 9.17) is 6.58 Å². The molecule has 0 bridgehead atoms. The van der Waals surface area contributed by atoms with Gasteiger partial charge in [0.05, 0.1) is 0 Å². The molecule has 0 unspecified atom stereocenters. The van der Waals surface area contributed by atoms with Crippen molar-refractivity contribution < 1.29 is 51.4 Å². The molecule has 0 rings (SSSR count). The average Bonchev–Trinajstić information content (AvgIpc) is 1.35. The van der Waals surface area contributed by atoms with E-state index in [9.17, 15) is 0 Å². The molecule has 0 saturated heterocycles. The fourth-order valence-corrected chi connectivity index (χ4v) is 0.263. The number of hydrogen-bond donors (Lipinski definition) is 0. The van der Waals surface area contributed by atoms with E-state index >= 15 is 0 Å². The van der Waals surface area contributed by atoms with Crippen LogP contribution < -0.4 is 51.4 Å². The Morgan fingerprint density at radius 2 is 2.00 bits per heavy atom. The molecule has 0 aliphatic carbocycles. The second kappa shape index (κ2) is 7.12. The molecule has 0 aliphatic rings. The second-order valence-corrected chi connectivity index (χ2v) is 1.24. The van der Waals surface area contributed by atoms with E-state index in [1.165, 1.54) is 0 Å². The fraction of sp³-hybridized carbons (Fsp3) is 0.333. The van der Waals surface area contributed by atoms with Gasteiger partial charge in [0.1, 0.15) is 0 Å². The van der Waals surface area contributed by atoms with Gasteiger partial charge < -0.3 is 0 Å². The SMILES string of the molecule is [CH-]=C(C)C=CC.[K+]. The van der Waals surface area contributed by atoms with Crippen LogP contribution in [0.3, 0.4) is 0 Å². The van der Waals surface area contributed by atoms with Gasteiger partial charge in [-0.25, -0.2) is 11.6 Å². The van der Waals surface area contributed by atoms with Crippen molar-refractivity contribution in [1.29, 1.82) is 0 Å². The van der Waals surface area contributed by atoms with E-state index in [0.717, 1.165) is 5.57 Å². The number of hydrogen-bond acceptors (Lipinski definition) is 0. The zero-order valence-electron chi connectivity index (χ0n) is 5.23. The van der Waals surface area contributed by atoms with Crippen LogP contribution in [-0.2, 0) is 0 Å². The summed E-state index contributed by atoms with van der Waals surface area (Å²) in [6, 6.07) is 0. The van der Waals surface area contributed by atoms with Crippen LogP contribution in [0.2, 0.25) is 0 Å². The Kier molecular flexibility index (Phi) is 11.2. The molecule has 0 aromatic rings. The molecular weight excluding hydrogens is 111 g/mol. The van der Waals surface area contributed by atoms with Gasteiger partial charge in [0, 0.05) is 0 Å². The maximum Gasteiger partial charge on any atom is 1.00 e. The third kappa shape index (κ3) is 11.0. The van der Waals surface area contributed by atoms with Gasteiger partial charge in [-0.2, -0.15) is 6.08 Å². The summed E-state index contributed by atoms with van der Waals surface area (Å²) in [4.78, 5) is 0. The predicted molar refractivity (Wildman–Crippen MR) is 28.3 cm³/mol. The first-order valence-corrected chi connectivity index (χ1v) is 1.99. The van der Waals surface area contributed by atoms with Gasteiger partial charge in [0.2, 0.25) is 0 Å². The minimum atomic E-state index is 0. The average molecular weight is 120 g/mol. The van der Waals surface area contributed by atoms with Crippen LogP contribution in [0, 0.1) is 6.58 Å². The summed E-state index contributed by atoms with van der Waals surface area (Å²) in [5.41, 5.74) is 0.859. The van der Waals surface area contributed by atoms with Gasteiger partial charge in [-0.05, 0) is 0 Å². The van der Waals surface area contributed by atoms with E-state index in [1.807, 2.05) is 26.0 Å². The molecule has 34 valence electrons. The zero-order valence-corrected chi connectivity index (χ0v) is 8.36. The third-order valence-electron chi connectivity index (χ3n) is 0.430. The summed E-state index contributed by atoms with van der Waals surface area (Å²) in [6.45, 7) is 9.03. The van der Waals surface area contributed by atoms with Crippen molar-refractivity contribution >= 4 is 0 Å². The Labute approximate surface area is 88.1 Å². The minimum Gasteiger partial charge on any atom is -0.290 e. The van der Waals surface area contributed by atoms with Crippen LogP contribution in [0.1, 0.15) is 13.8 Å². The fourth-order valence-electron chi connectivity index (χ4n) is 0.263. The quantitative estimate of drug-likeness (QED) is 0.235. The van der Waals surface area contributed by atoms with Crippen LogP contribution >= 0.6 is 0 Å². The Hall–Kier alpha value is 1.12. The molecule has 0 heterocycles. The van der Waals surface area contributed by atoms with Crippen LogP contribution in [0.25, 0.3) is 0 Å². The van der Waals surface area contributed by atoms with E-state index in [2.05, 4.69) is 0 Å². The van der Waals surface area contributed by atoms with Crippen molar-refractivity contribution in [2.45, 2.75) is 13.8 Å². The Morgan fingerprint density at radius 3 is 2.00 bits per heavy atom. The molecule has 0 N–H and O–H groups in total. The van der Waals surface area contributed by atoms with Crippen molar-refractivity contribution in [2.24, 2.45) is 0 Å². The largest absolute Gasteiger partial charge is 1.00 e. The first kappa shape index (κ1) is 11.0. The maximum atomic E-state index is 5.23. The van der Waals surface area contributed by atoms with Crippen LogP contribution in [0.15, 0.2) is 17.7 Å². The molecule has 1 heteroatoms. The van der Waals surface area contributed by atoms with Crippen LogP contribution in [-0.4, -0.2) is 0 Å². The summed E-state index contributed by atoms with van der Waals surface area (Å²) in [7, 11) is 0. The molecule has 0 fully saturated rings. The molecule has 0 aromatic carbocycles. The monoisotopic (exact) mass is 120 g/mol. The predicted octanol–water partition coefficient (Wildman–Crippen LogP) is -1.05. The first-order chi connectivity index (χ1) is 2.77. The summed E-state index contributed by atoms with van der Waals surface area (Å²) >= 11 is 0. The van der Waals surface area contributed by atoms with Crippen molar-refractivity contribution in [3.05, 3.63) is 24.3 Å². The van der Waals surface area contributed by atoms with Gasteiger partial charge in [0.25, 0.3) is 0 Å². The van der Waals surface area contributed by atoms with E-state index in [0.29, 0.717) is 0 Å². The molecule has 0 amide bonds. The second-order valence-electron chi connectivity index (χ2n) is 1.24. The van der Waals surface area contributed by atoms with E-state index < -0.39 is 0 Å². The van der Waals surface area contributed by atoms with E-state index in [1.54, 1.807) is 0 Å². The van der Waals surface area contributed by atoms with Gasteiger partial charge in [-0.15, -0.1) is 0 Å². The van der Waals surface area contributed by atoms with Crippen LogP contribution in [0.4, 0.5) is 0 Å². The van der Waals surface area contributed by atoms with Crippen LogP contribution in [0.5, 0.6) is 0 Å². The molecule has 0 aromatic heterocycles. The Morgan fingerprint density at radius 1 is 1.57 bits per heavy atom. The standard InChI is InChI=1S/C6H9.K/c1-4-5-6(2)3;/h2,4-5H,1,3H3;/q-1;+1. The third-order valence-corrected chi connectivity index (χ3v) is 0.430. The van der Waals surface area contributed by atoms with Crippen molar-refractivity contribution in [3.8, 4) is 0 Å². The molecule has 0 aliphatic heterocycles. The van der Waals surface area contributed by atoms with Gasteiger partial charge in [-0.3, -0.25) is 6.58 Å². The summed E-state index contributed by atoms with van der Waals surface area (Å²) in [6.07, 6.45) is 3.77. The zero-order chi connectivity index (χ0) is 4.99. The first-order valence-electron chi connectivity index (χ1n) is 1.99. The van der Waals surface area contributed by atoms with Gasteiger partial charge in [-0.1, -0.05) is 13.8 Å². The smallest absolute Gasteiger partial charge is 0.290 e. The normalized spacial score (nSPS) is 8.29. The molecule has 7 heavy (non-hydrogen) atoms. The molecule has 0 nitrogen and oxygen atoms in total. The Bertz CT molecular complexity index is 72.2. The topological polar surface area (TPSA) is 0 Å². The molecule has 0 spiro atoms. The van der Waals surface area contributed by atoms with Crippen molar-refractivity contribution in [3.63, 3.8) is 0 Å². The maximum absolute atomic E-state index is 5.23. The Balaban J connectivity index is 0. The molecular formula is C6H9K. The minimum absolute atomic E-state index is 0. The summed E-state index contributed by atoms with van der Waals surface area (Å²) < 4.78 is 0.